The van der Waals surface area contributed by atoms with E-state index in [1.165, 1.54) is 23.1 Å². The number of nitrogens with one attached hydrogen (secondary N) is 1. The molecule has 0 aromatic heterocycles. The predicted molar refractivity (Wildman–Crippen MR) is 161 cm³/mol. The van der Waals surface area contributed by atoms with Gasteiger partial charge in [0.15, 0.2) is 0 Å². The number of halogens is 2. The second kappa shape index (κ2) is 13.5. The van der Waals surface area contributed by atoms with Gasteiger partial charge in [0.25, 0.3) is 10.0 Å². The van der Waals surface area contributed by atoms with E-state index < -0.39 is 28.5 Å². The Balaban J connectivity index is 2.06. The summed E-state index contributed by atoms with van der Waals surface area (Å²) in [5.74, 6) is -0.916. The van der Waals surface area contributed by atoms with E-state index in [-0.39, 0.29) is 29.1 Å². The number of hydrogen-bond acceptors (Lipinski definition) is 4. The third kappa shape index (κ3) is 7.56. The number of anilines is 1. The molecule has 0 saturated carbocycles. The van der Waals surface area contributed by atoms with Gasteiger partial charge in [-0.2, -0.15) is 0 Å². The van der Waals surface area contributed by atoms with Crippen LogP contribution in [0.1, 0.15) is 43.9 Å². The van der Waals surface area contributed by atoms with Crippen LogP contribution in [-0.4, -0.2) is 43.8 Å². The normalized spacial score (nSPS) is 12.9. The molecule has 0 spiro atoms. The lowest BCUT2D eigenvalue weighted by Crippen LogP contribution is -2.52. The fraction of sp³-hybridized carbons (Fsp3) is 0.333. The van der Waals surface area contributed by atoms with Crippen LogP contribution < -0.4 is 9.62 Å². The molecule has 0 aliphatic carbocycles. The molecule has 3 aromatic carbocycles. The van der Waals surface area contributed by atoms with Crippen LogP contribution in [0, 0.1) is 13.8 Å². The molecule has 2 atom stereocenters. The van der Waals surface area contributed by atoms with Gasteiger partial charge in [0.05, 0.1) is 10.6 Å². The molecular formula is C30H35Cl2N3O4S. The summed E-state index contributed by atoms with van der Waals surface area (Å²) in [4.78, 5) is 28.5. The highest BCUT2D eigenvalue weighted by Crippen LogP contribution is 2.29. The Morgan fingerprint density at radius 2 is 1.57 bits per heavy atom. The molecular weight excluding hydrogens is 569 g/mol. The Labute approximate surface area is 247 Å². The number of carbonyl (C=O) groups excluding carboxylic acids is 2. The van der Waals surface area contributed by atoms with E-state index in [4.69, 9.17) is 23.2 Å². The lowest BCUT2D eigenvalue weighted by atomic mass is 10.1. The number of hydrogen-bond donors (Lipinski definition) is 1. The van der Waals surface area contributed by atoms with Crippen LogP contribution in [0.15, 0.2) is 71.6 Å². The summed E-state index contributed by atoms with van der Waals surface area (Å²) >= 11 is 12.8. The van der Waals surface area contributed by atoms with Crippen molar-refractivity contribution in [2.45, 2.75) is 64.6 Å². The highest BCUT2D eigenvalue weighted by molar-refractivity contribution is 7.92. The van der Waals surface area contributed by atoms with Gasteiger partial charge >= 0.3 is 0 Å². The average molecular weight is 605 g/mol. The summed E-state index contributed by atoms with van der Waals surface area (Å²) < 4.78 is 28.9. The van der Waals surface area contributed by atoms with Crippen LogP contribution >= 0.6 is 23.2 Å². The molecule has 0 bridgehead atoms. The quantitative estimate of drug-likeness (QED) is 0.285. The summed E-state index contributed by atoms with van der Waals surface area (Å²) in [6, 6.07) is 17.3. The number of sulfonamides is 1. The Kier molecular flexibility index (Phi) is 10.6. The van der Waals surface area contributed by atoms with E-state index >= 15 is 0 Å². The van der Waals surface area contributed by atoms with Crippen LogP contribution in [0.2, 0.25) is 10.0 Å². The van der Waals surface area contributed by atoms with Gasteiger partial charge in [0.2, 0.25) is 11.8 Å². The van der Waals surface area contributed by atoms with Gasteiger partial charge in [-0.15, -0.1) is 0 Å². The van der Waals surface area contributed by atoms with Crippen molar-refractivity contribution in [3.05, 3.63) is 93.5 Å². The number of aryl methyl sites for hydroxylation is 2. The monoisotopic (exact) mass is 603 g/mol. The van der Waals surface area contributed by atoms with Crippen LogP contribution in [0.5, 0.6) is 0 Å². The van der Waals surface area contributed by atoms with Crippen molar-refractivity contribution in [2.75, 3.05) is 10.8 Å². The first kappa shape index (κ1) is 31.5. The summed E-state index contributed by atoms with van der Waals surface area (Å²) in [5, 5.41) is 3.71. The zero-order chi connectivity index (χ0) is 29.6. The van der Waals surface area contributed by atoms with Gasteiger partial charge < -0.3 is 10.2 Å². The highest BCUT2D eigenvalue weighted by atomic mass is 35.5. The Morgan fingerprint density at radius 1 is 0.925 bits per heavy atom. The SMILES string of the molecule is CCC(C)NC(=O)C(C)N(Cc1ccccc1Cl)C(=O)CN(c1ccc(C)c(Cl)c1)S(=O)(=O)c1ccc(C)cc1. The zero-order valence-electron chi connectivity index (χ0n) is 23.3. The molecule has 40 heavy (non-hydrogen) atoms. The summed E-state index contributed by atoms with van der Waals surface area (Å²) in [6.45, 7) is 8.56. The van der Waals surface area contributed by atoms with Crippen molar-refractivity contribution >= 4 is 50.7 Å². The first-order valence-corrected chi connectivity index (χ1v) is 15.2. The largest absolute Gasteiger partial charge is 0.352 e. The van der Waals surface area contributed by atoms with Crippen molar-refractivity contribution in [2.24, 2.45) is 0 Å². The minimum absolute atomic E-state index is 0.0146. The fourth-order valence-electron chi connectivity index (χ4n) is 3.96. The lowest BCUT2D eigenvalue weighted by Gasteiger charge is -2.32. The topological polar surface area (TPSA) is 86.8 Å². The number of benzene rings is 3. The van der Waals surface area contributed by atoms with E-state index in [0.717, 1.165) is 15.4 Å². The van der Waals surface area contributed by atoms with Crippen LogP contribution in [0.3, 0.4) is 0 Å². The molecule has 214 valence electrons. The molecule has 7 nitrogen and oxygen atoms in total. The maximum atomic E-state index is 14.0. The zero-order valence-corrected chi connectivity index (χ0v) is 25.6. The van der Waals surface area contributed by atoms with Gasteiger partial charge in [-0.05, 0) is 75.6 Å². The minimum atomic E-state index is -4.18. The molecule has 0 fully saturated rings. The molecule has 0 heterocycles. The van der Waals surface area contributed by atoms with E-state index in [1.54, 1.807) is 62.4 Å². The molecule has 1 N–H and O–H groups in total. The second-order valence-corrected chi connectivity index (χ2v) is 12.5. The number of rotatable bonds is 11. The molecule has 10 heteroatoms. The fourth-order valence-corrected chi connectivity index (χ4v) is 5.74. The molecule has 0 aliphatic rings. The number of nitrogens with zero attached hydrogens (tertiary/aromatic N) is 2. The minimum Gasteiger partial charge on any atom is -0.352 e. The smallest absolute Gasteiger partial charge is 0.264 e. The maximum Gasteiger partial charge on any atom is 0.264 e. The molecule has 3 aromatic rings. The summed E-state index contributed by atoms with van der Waals surface area (Å²) in [5.41, 5.74) is 2.53. The molecule has 2 unspecified atom stereocenters. The maximum absolute atomic E-state index is 14.0. The molecule has 2 amide bonds. The van der Waals surface area contributed by atoms with Gasteiger partial charge in [-0.1, -0.05) is 72.1 Å². The number of carbonyl (C=O) groups is 2. The first-order valence-electron chi connectivity index (χ1n) is 13.0. The lowest BCUT2D eigenvalue weighted by molar-refractivity contribution is -0.139. The van der Waals surface area contributed by atoms with Crippen molar-refractivity contribution in [3.8, 4) is 0 Å². The molecule has 0 saturated heterocycles. The third-order valence-corrected chi connectivity index (χ3v) is 9.36. The number of amides is 2. The van der Waals surface area contributed by atoms with Gasteiger partial charge in [-0.25, -0.2) is 8.42 Å². The van der Waals surface area contributed by atoms with Crippen molar-refractivity contribution in [1.29, 1.82) is 0 Å². The van der Waals surface area contributed by atoms with Crippen molar-refractivity contribution in [1.82, 2.24) is 10.2 Å². The second-order valence-electron chi connectivity index (χ2n) is 9.87. The Morgan fingerprint density at radius 3 is 2.17 bits per heavy atom. The van der Waals surface area contributed by atoms with E-state index in [1.807, 2.05) is 20.8 Å². The summed E-state index contributed by atoms with van der Waals surface area (Å²) in [6.07, 6.45) is 0.716. The highest BCUT2D eigenvalue weighted by Gasteiger charge is 2.33. The van der Waals surface area contributed by atoms with Gasteiger partial charge in [0, 0.05) is 22.6 Å². The van der Waals surface area contributed by atoms with Gasteiger partial charge in [0.1, 0.15) is 12.6 Å². The van der Waals surface area contributed by atoms with Crippen LogP contribution in [0.25, 0.3) is 0 Å². The predicted octanol–water partition coefficient (Wildman–Crippen LogP) is 6.14. The van der Waals surface area contributed by atoms with Crippen LogP contribution in [0.4, 0.5) is 5.69 Å². The molecule has 0 radical (unpaired) electrons. The first-order chi connectivity index (χ1) is 18.8. The van der Waals surface area contributed by atoms with E-state index in [2.05, 4.69) is 5.32 Å². The Bertz CT molecular complexity index is 1460. The third-order valence-electron chi connectivity index (χ3n) is 6.80. The summed E-state index contributed by atoms with van der Waals surface area (Å²) in [7, 11) is -4.18. The van der Waals surface area contributed by atoms with Crippen molar-refractivity contribution in [3.63, 3.8) is 0 Å². The van der Waals surface area contributed by atoms with E-state index in [0.29, 0.717) is 22.0 Å². The molecule has 3 rings (SSSR count). The molecule has 0 aliphatic heterocycles. The van der Waals surface area contributed by atoms with E-state index in [9.17, 15) is 18.0 Å². The standard InChI is InChI=1S/C30H35Cl2N3O4S/c1-6-22(4)33-30(37)23(5)34(18-24-9-7-8-10-27(24)31)29(36)19-35(25-14-13-21(3)28(32)17-25)40(38,39)26-15-11-20(2)12-16-26/h7-17,22-23H,6,18-19H2,1-5H3,(H,33,37). The van der Waals surface area contributed by atoms with Crippen molar-refractivity contribution < 1.29 is 18.0 Å². The van der Waals surface area contributed by atoms with Crippen LogP contribution in [-0.2, 0) is 26.2 Å². The van der Waals surface area contributed by atoms with Gasteiger partial charge in [-0.3, -0.25) is 13.9 Å². The Hall–Kier alpha value is -3.07. The average Bonchev–Trinajstić information content (AvgIpc) is 2.92.